The van der Waals surface area contributed by atoms with Crippen LogP contribution in [0.25, 0.3) is 0 Å². The van der Waals surface area contributed by atoms with Gasteiger partial charge in [-0.15, -0.1) is 0 Å². The van der Waals surface area contributed by atoms with Crippen LogP contribution in [0.5, 0.6) is 0 Å². The van der Waals surface area contributed by atoms with Crippen molar-refractivity contribution in [2.75, 3.05) is 0 Å². The summed E-state index contributed by atoms with van der Waals surface area (Å²) in [6.45, 7) is 0.517. The summed E-state index contributed by atoms with van der Waals surface area (Å²) in [4.78, 5) is 16.9. The smallest absolute Gasteiger partial charge is 0.228 e. The average molecular weight is 329 g/mol. The van der Waals surface area contributed by atoms with E-state index in [-0.39, 0.29) is 11.8 Å². The Labute approximate surface area is 142 Å². The number of rotatable bonds is 5. The van der Waals surface area contributed by atoms with Gasteiger partial charge < -0.3 is 5.32 Å². The molecule has 0 radical (unpaired) electrons. The first-order valence-electron chi connectivity index (χ1n) is 8.16. The van der Waals surface area contributed by atoms with E-state index in [0.717, 1.165) is 24.0 Å². The lowest BCUT2D eigenvalue weighted by Gasteiger charge is -2.23. The van der Waals surface area contributed by atoms with Crippen molar-refractivity contribution in [1.29, 1.82) is 0 Å². The summed E-state index contributed by atoms with van der Waals surface area (Å²) in [5.74, 6) is 0.430. The van der Waals surface area contributed by atoms with Gasteiger partial charge in [0, 0.05) is 24.0 Å². The normalized spacial score (nSPS) is 16.2. The molecule has 1 heterocycles. The summed E-state index contributed by atoms with van der Waals surface area (Å²) < 4.78 is 0. The SMILES string of the molecule is O=C(NCc1cccnc1)C(c1ccc(Cl)cc1)C1CCCC1. The van der Waals surface area contributed by atoms with Crippen molar-refractivity contribution in [2.45, 2.75) is 38.1 Å². The fourth-order valence-electron chi connectivity index (χ4n) is 3.40. The van der Waals surface area contributed by atoms with Crippen molar-refractivity contribution >= 4 is 17.5 Å². The minimum Gasteiger partial charge on any atom is -0.351 e. The first-order chi connectivity index (χ1) is 11.2. The Morgan fingerprint density at radius 3 is 2.61 bits per heavy atom. The molecular weight excluding hydrogens is 308 g/mol. The molecule has 1 fully saturated rings. The second-order valence-corrected chi connectivity index (χ2v) is 6.59. The van der Waals surface area contributed by atoms with Crippen LogP contribution in [0.4, 0.5) is 0 Å². The van der Waals surface area contributed by atoms with Gasteiger partial charge >= 0.3 is 0 Å². The zero-order valence-corrected chi connectivity index (χ0v) is 13.8. The molecule has 1 aliphatic carbocycles. The predicted octanol–water partition coefficient (Wildman–Crippen LogP) is 4.33. The molecule has 3 rings (SSSR count). The zero-order valence-electron chi connectivity index (χ0n) is 13.0. The second kappa shape index (κ2) is 7.60. The molecular formula is C19H21ClN2O. The predicted molar refractivity (Wildman–Crippen MR) is 92.2 cm³/mol. The number of carbonyl (C=O) groups is 1. The first kappa shape index (κ1) is 16.0. The number of pyridine rings is 1. The Morgan fingerprint density at radius 2 is 1.96 bits per heavy atom. The molecule has 0 bridgehead atoms. The third-order valence-electron chi connectivity index (χ3n) is 4.57. The molecule has 1 aromatic heterocycles. The Morgan fingerprint density at radius 1 is 1.22 bits per heavy atom. The summed E-state index contributed by atoms with van der Waals surface area (Å²) in [6.07, 6.45) is 8.18. The van der Waals surface area contributed by atoms with Gasteiger partial charge in [0.05, 0.1) is 5.92 Å². The molecule has 1 N–H and O–H groups in total. The second-order valence-electron chi connectivity index (χ2n) is 6.15. The molecule has 1 aromatic carbocycles. The third-order valence-corrected chi connectivity index (χ3v) is 4.82. The summed E-state index contributed by atoms with van der Waals surface area (Å²) in [6, 6.07) is 11.6. The summed E-state index contributed by atoms with van der Waals surface area (Å²) in [5.41, 5.74) is 2.08. The number of hydrogen-bond donors (Lipinski definition) is 1. The minimum atomic E-state index is -0.0913. The number of carbonyl (C=O) groups excluding carboxylic acids is 1. The maximum absolute atomic E-state index is 12.8. The highest BCUT2D eigenvalue weighted by atomic mass is 35.5. The van der Waals surface area contributed by atoms with Gasteiger partial charge in [-0.25, -0.2) is 0 Å². The van der Waals surface area contributed by atoms with Crippen molar-refractivity contribution in [1.82, 2.24) is 10.3 Å². The lowest BCUT2D eigenvalue weighted by atomic mass is 9.84. The van der Waals surface area contributed by atoms with Gasteiger partial charge in [0.25, 0.3) is 0 Å². The molecule has 1 saturated carbocycles. The van der Waals surface area contributed by atoms with E-state index >= 15 is 0 Å². The number of nitrogens with one attached hydrogen (secondary N) is 1. The number of hydrogen-bond acceptors (Lipinski definition) is 2. The van der Waals surface area contributed by atoms with Gasteiger partial charge in [0.1, 0.15) is 0 Å². The maximum Gasteiger partial charge on any atom is 0.228 e. The molecule has 120 valence electrons. The molecule has 1 aliphatic rings. The lowest BCUT2D eigenvalue weighted by molar-refractivity contribution is -0.123. The van der Waals surface area contributed by atoms with E-state index in [4.69, 9.17) is 11.6 Å². The van der Waals surface area contributed by atoms with Crippen LogP contribution in [0, 0.1) is 5.92 Å². The summed E-state index contributed by atoms with van der Waals surface area (Å²) in [5, 5.41) is 3.78. The highest BCUT2D eigenvalue weighted by molar-refractivity contribution is 6.30. The van der Waals surface area contributed by atoms with Crippen LogP contribution in [0.15, 0.2) is 48.8 Å². The van der Waals surface area contributed by atoms with Gasteiger partial charge in [-0.05, 0) is 48.1 Å². The van der Waals surface area contributed by atoms with Crippen LogP contribution in [0.3, 0.4) is 0 Å². The van der Waals surface area contributed by atoms with E-state index in [0.29, 0.717) is 17.5 Å². The number of halogens is 1. The van der Waals surface area contributed by atoms with E-state index in [1.807, 2.05) is 36.4 Å². The topological polar surface area (TPSA) is 42.0 Å². The summed E-state index contributed by atoms with van der Waals surface area (Å²) >= 11 is 5.99. The number of aromatic nitrogens is 1. The Kier molecular flexibility index (Phi) is 5.29. The Bertz CT molecular complexity index is 636. The van der Waals surface area contributed by atoms with Crippen LogP contribution in [0.1, 0.15) is 42.7 Å². The molecule has 1 atom stereocenters. The molecule has 0 aliphatic heterocycles. The van der Waals surface area contributed by atoms with E-state index in [1.54, 1.807) is 12.4 Å². The van der Waals surface area contributed by atoms with Crippen molar-refractivity contribution in [3.05, 3.63) is 64.9 Å². The van der Waals surface area contributed by atoms with Crippen molar-refractivity contribution in [2.24, 2.45) is 5.92 Å². The quantitative estimate of drug-likeness (QED) is 0.887. The molecule has 0 spiro atoms. The van der Waals surface area contributed by atoms with Crippen molar-refractivity contribution in [3.63, 3.8) is 0 Å². The lowest BCUT2D eigenvalue weighted by Crippen LogP contribution is -2.32. The molecule has 4 heteroatoms. The molecule has 1 amide bonds. The van der Waals surface area contributed by atoms with Gasteiger partial charge in [-0.2, -0.15) is 0 Å². The van der Waals surface area contributed by atoms with Gasteiger partial charge in [0.2, 0.25) is 5.91 Å². The highest BCUT2D eigenvalue weighted by Gasteiger charge is 2.31. The number of amides is 1. The number of nitrogens with zero attached hydrogens (tertiary/aromatic N) is 1. The molecule has 2 aromatic rings. The maximum atomic E-state index is 12.8. The molecule has 1 unspecified atom stereocenters. The molecule has 0 saturated heterocycles. The van der Waals surface area contributed by atoms with Crippen LogP contribution in [-0.4, -0.2) is 10.9 Å². The van der Waals surface area contributed by atoms with E-state index < -0.39 is 0 Å². The largest absolute Gasteiger partial charge is 0.351 e. The Hall–Kier alpha value is -1.87. The highest BCUT2D eigenvalue weighted by Crippen LogP contribution is 2.37. The van der Waals surface area contributed by atoms with Crippen LogP contribution >= 0.6 is 11.6 Å². The van der Waals surface area contributed by atoms with E-state index in [9.17, 15) is 4.79 Å². The van der Waals surface area contributed by atoms with Gasteiger partial charge in [-0.1, -0.05) is 42.6 Å². The standard InChI is InChI=1S/C19H21ClN2O/c20-17-9-7-16(8-10-17)18(15-5-1-2-6-15)19(23)22-13-14-4-3-11-21-12-14/h3-4,7-12,15,18H,1-2,5-6,13H2,(H,22,23). The van der Waals surface area contributed by atoms with Crippen molar-refractivity contribution in [3.8, 4) is 0 Å². The fourth-order valence-corrected chi connectivity index (χ4v) is 3.53. The first-order valence-corrected chi connectivity index (χ1v) is 8.54. The van der Waals surface area contributed by atoms with Crippen molar-refractivity contribution < 1.29 is 4.79 Å². The minimum absolute atomic E-state index is 0.0913. The monoisotopic (exact) mass is 328 g/mol. The number of benzene rings is 1. The molecule has 23 heavy (non-hydrogen) atoms. The van der Waals surface area contributed by atoms with Crippen LogP contribution in [-0.2, 0) is 11.3 Å². The fraction of sp³-hybridized carbons (Fsp3) is 0.368. The van der Waals surface area contributed by atoms with Gasteiger partial charge in [-0.3, -0.25) is 9.78 Å². The zero-order chi connectivity index (χ0) is 16.1. The van der Waals surface area contributed by atoms with Gasteiger partial charge in [0.15, 0.2) is 0 Å². The third kappa shape index (κ3) is 4.11. The van der Waals surface area contributed by atoms with Crippen LogP contribution < -0.4 is 5.32 Å². The Balaban J connectivity index is 1.74. The average Bonchev–Trinajstić information content (AvgIpc) is 3.10. The summed E-state index contributed by atoms with van der Waals surface area (Å²) in [7, 11) is 0. The molecule has 3 nitrogen and oxygen atoms in total. The van der Waals surface area contributed by atoms with E-state index in [2.05, 4.69) is 10.3 Å². The van der Waals surface area contributed by atoms with E-state index in [1.165, 1.54) is 12.8 Å². The van der Waals surface area contributed by atoms with Crippen LogP contribution in [0.2, 0.25) is 5.02 Å².